The van der Waals surface area contributed by atoms with Crippen molar-refractivity contribution in [2.45, 2.75) is 33.0 Å². The lowest BCUT2D eigenvalue weighted by atomic mass is 10.1. The van der Waals surface area contributed by atoms with Crippen molar-refractivity contribution in [2.75, 3.05) is 0 Å². The highest BCUT2D eigenvalue weighted by molar-refractivity contribution is 5.70. The third-order valence-electron chi connectivity index (χ3n) is 2.01. The molecule has 0 radical (unpaired) electrons. The molecule has 0 unspecified atom stereocenters. The number of carboxylic acids is 1. The molecule has 1 aromatic carbocycles. The van der Waals surface area contributed by atoms with Crippen LogP contribution in [-0.2, 0) is 17.8 Å². The second-order valence-electron chi connectivity index (χ2n) is 3.84. The van der Waals surface area contributed by atoms with Crippen LogP contribution in [0.4, 0.5) is 0 Å². The van der Waals surface area contributed by atoms with Crippen LogP contribution in [0.15, 0.2) is 18.2 Å². The number of hydrogen-bond donors (Lipinski definition) is 2. The number of aliphatic hydroxyl groups excluding tert-OH is 1. The van der Waals surface area contributed by atoms with Gasteiger partial charge in [0.05, 0.1) is 19.1 Å². The quantitative estimate of drug-likeness (QED) is 0.797. The standard InChI is InChI=1S/C12H16O4/c1-8(2)16-11-4-3-9(6-12(14)15)5-10(11)7-13/h3-5,8,13H,6-7H2,1-2H3,(H,14,15). The maximum atomic E-state index is 10.5. The molecule has 0 bridgehead atoms. The van der Waals surface area contributed by atoms with Gasteiger partial charge in [0, 0.05) is 5.56 Å². The fraction of sp³-hybridized carbons (Fsp3) is 0.417. The Bertz CT molecular complexity index is 371. The van der Waals surface area contributed by atoms with Gasteiger partial charge in [-0.3, -0.25) is 4.79 Å². The van der Waals surface area contributed by atoms with Gasteiger partial charge in [-0.15, -0.1) is 0 Å². The van der Waals surface area contributed by atoms with Crippen molar-refractivity contribution in [3.63, 3.8) is 0 Å². The van der Waals surface area contributed by atoms with Gasteiger partial charge >= 0.3 is 5.97 Å². The summed E-state index contributed by atoms with van der Waals surface area (Å²) in [5, 5.41) is 17.8. The highest BCUT2D eigenvalue weighted by Crippen LogP contribution is 2.21. The molecule has 16 heavy (non-hydrogen) atoms. The Balaban J connectivity index is 2.92. The van der Waals surface area contributed by atoms with Crippen LogP contribution in [-0.4, -0.2) is 22.3 Å². The average molecular weight is 224 g/mol. The molecule has 0 saturated heterocycles. The van der Waals surface area contributed by atoms with Crippen LogP contribution >= 0.6 is 0 Å². The summed E-state index contributed by atoms with van der Waals surface area (Å²) in [5.74, 6) is -0.284. The molecule has 0 fully saturated rings. The van der Waals surface area contributed by atoms with Crippen LogP contribution in [0.3, 0.4) is 0 Å². The largest absolute Gasteiger partial charge is 0.491 e. The fourth-order valence-corrected chi connectivity index (χ4v) is 1.41. The van der Waals surface area contributed by atoms with E-state index in [4.69, 9.17) is 14.9 Å². The van der Waals surface area contributed by atoms with Gasteiger partial charge in [0.1, 0.15) is 5.75 Å². The van der Waals surface area contributed by atoms with Crippen LogP contribution in [0.25, 0.3) is 0 Å². The van der Waals surface area contributed by atoms with E-state index < -0.39 is 5.97 Å². The summed E-state index contributed by atoms with van der Waals surface area (Å²) in [7, 11) is 0. The van der Waals surface area contributed by atoms with Crippen molar-refractivity contribution in [3.8, 4) is 5.75 Å². The predicted molar refractivity (Wildman–Crippen MR) is 59.5 cm³/mol. The minimum Gasteiger partial charge on any atom is -0.491 e. The number of benzene rings is 1. The molecule has 4 heteroatoms. The van der Waals surface area contributed by atoms with Crippen molar-refractivity contribution in [2.24, 2.45) is 0 Å². The third kappa shape index (κ3) is 3.55. The van der Waals surface area contributed by atoms with Crippen molar-refractivity contribution in [1.29, 1.82) is 0 Å². The van der Waals surface area contributed by atoms with E-state index in [1.54, 1.807) is 18.2 Å². The van der Waals surface area contributed by atoms with Gasteiger partial charge in [0.15, 0.2) is 0 Å². The highest BCUT2D eigenvalue weighted by atomic mass is 16.5. The summed E-state index contributed by atoms with van der Waals surface area (Å²) in [5.41, 5.74) is 1.28. The van der Waals surface area contributed by atoms with Crippen LogP contribution < -0.4 is 4.74 Å². The zero-order valence-corrected chi connectivity index (χ0v) is 9.43. The number of carboxylic acid groups (broad SMARTS) is 1. The van der Waals surface area contributed by atoms with Crippen molar-refractivity contribution in [1.82, 2.24) is 0 Å². The Morgan fingerprint density at radius 1 is 1.44 bits per heavy atom. The van der Waals surface area contributed by atoms with Crippen LogP contribution in [0, 0.1) is 0 Å². The van der Waals surface area contributed by atoms with Gasteiger partial charge in [-0.05, 0) is 31.5 Å². The first-order chi connectivity index (χ1) is 7.52. The first-order valence-electron chi connectivity index (χ1n) is 5.14. The van der Waals surface area contributed by atoms with E-state index in [1.807, 2.05) is 13.8 Å². The smallest absolute Gasteiger partial charge is 0.307 e. The molecule has 0 aromatic heterocycles. The summed E-state index contributed by atoms with van der Waals surface area (Å²) < 4.78 is 5.49. The monoisotopic (exact) mass is 224 g/mol. The average Bonchev–Trinajstić information content (AvgIpc) is 2.18. The van der Waals surface area contributed by atoms with Crippen molar-refractivity contribution in [3.05, 3.63) is 29.3 Å². The van der Waals surface area contributed by atoms with E-state index in [2.05, 4.69) is 0 Å². The number of ether oxygens (including phenoxy) is 1. The first kappa shape index (κ1) is 12.5. The molecule has 0 heterocycles. The molecule has 2 N–H and O–H groups in total. The van der Waals surface area contributed by atoms with E-state index >= 15 is 0 Å². The SMILES string of the molecule is CC(C)Oc1ccc(CC(=O)O)cc1CO. The molecule has 0 aliphatic carbocycles. The molecule has 0 spiro atoms. The molecule has 1 rings (SSSR count). The second-order valence-corrected chi connectivity index (χ2v) is 3.84. The molecule has 88 valence electrons. The van der Waals surface area contributed by atoms with Crippen molar-refractivity contribution < 1.29 is 19.7 Å². The summed E-state index contributed by atoms with van der Waals surface area (Å²) in [6, 6.07) is 5.06. The molecule has 1 aromatic rings. The van der Waals surface area contributed by atoms with Crippen LogP contribution in [0.2, 0.25) is 0 Å². The van der Waals surface area contributed by atoms with Gasteiger partial charge in [0.25, 0.3) is 0 Å². The predicted octanol–water partition coefficient (Wildman–Crippen LogP) is 1.59. The first-order valence-corrected chi connectivity index (χ1v) is 5.14. The number of aliphatic hydroxyl groups is 1. The number of rotatable bonds is 5. The van der Waals surface area contributed by atoms with E-state index in [0.717, 1.165) is 0 Å². The normalized spacial score (nSPS) is 10.5. The third-order valence-corrected chi connectivity index (χ3v) is 2.01. The van der Waals surface area contributed by atoms with Gasteiger partial charge in [0.2, 0.25) is 0 Å². The molecule has 4 nitrogen and oxygen atoms in total. The summed E-state index contributed by atoms with van der Waals surface area (Å²) >= 11 is 0. The highest BCUT2D eigenvalue weighted by Gasteiger charge is 2.08. The number of carbonyl (C=O) groups is 1. The molecule has 0 atom stereocenters. The molecular weight excluding hydrogens is 208 g/mol. The van der Waals surface area contributed by atoms with E-state index in [1.165, 1.54) is 0 Å². The van der Waals surface area contributed by atoms with E-state index in [-0.39, 0.29) is 19.1 Å². The maximum Gasteiger partial charge on any atom is 0.307 e. The summed E-state index contributed by atoms with van der Waals surface area (Å²) in [4.78, 5) is 10.5. The van der Waals surface area contributed by atoms with Crippen LogP contribution in [0.1, 0.15) is 25.0 Å². The zero-order chi connectivity index (χ0) is 12.1. The number of aliphatic carboxylic acids is 1. The molecule has 0 aliphatic heterocycles. The van der Waals surface area contributed by atoms with Crippen molar-refractivity contribution >= 4 is 5.97 Å². The second kappa shape index (κ2) is 5.51. The van der Waals surface area contributed by atoms with Gasteiger partial charge in [-0.1, -0.05) is 6.07 Å². The topological polar surface area (TPSA) is 66.8 Å². The van der Waals surface area contributed by atoms with Gasteiger partial charge in [-0.25, -0.2) is 0 Å². The molecule has 0 saturated carbocycles. The Hall–Kier alpha value is -1.55. The Morgan fingerprint density at radius 2 is 2.12 bits per heavy atom. The number of hydrogen-bond acceptors (Lipinski definition) is 3. The summed E-state index contributed by atoms with van der Waals surface area (Å²) in [6.45, 7) is 3.63. The lowest BCUT2D eigenvalue weighted by Crippen LogP contribution is -2.08. The lowest BCUT2D eigenvalue weighted by molar-refractivity contribution is -0.136. The molecule has 0 amide bonds. The fourth-order valence-electron chi connectivity index (χ4n) is 1.41. The Morgan fingerprint density at radius 3 is 2.62 bits per heavy atom. The zero-order valence-electron chi connectivity index (χ0n) is 9.43. The minimum atomic E-state index is -0.888. The Kier molecular flexibility index (Phi) is 4.31. The lowest BCUT2D eigenvalue weighted by Gasteiger charge is -2.13. The van der Waals surface area contributed by atoms with Gasteiger partial charge < -0.3 is 14.9 Å². The molecular formula is C12H16O4. The molecule has 0 aliphatic rings. The van der Waals surface area contributed by atoms with Gasteiger partial charge in [-0.2, -0.15) is 0 Å². The van der Waals surface area contributed by atoms with E-state index in [0.29, 0.717) is 16.9 Å². The van der Waals surface area contributed by atoms with Crippen LogP contribution in [0.5, 0.6) is 5.75 Å². The Labute approximate surface area is 94.5 Å². The van der Waals surface area contributed by atoms with E-state index in [9.17, 15) is 4.79 Å². The minimum absolute atomic E-state index is 0.0237. The summed E-state index contributed by atoms with van der Waals surface area (Å²) in [6.07, 6.45) is -0.0229. The maximum absolute atomic E-state index is 10.5.